The van der Waals surface area contributed by atoms with Crippen molar-refractivity contribution in [1.29, 1.82) is 0 Å². The number of hydrogen-bond donors (Lipinski definition) is 3. The fraction of sp³-hybridized carbons (Fsp3) is 0.400. The summed E-state index contributed by atoms with van der Waals surface area (Å²) < 4.78 is 0. The molecule has 1 amide bonds. The third-order valence-electron chi connectivity index (χ3n) is 3.70. The molecule has 2 aromatic rings. The van der Waals surface area contributed by atoms with Gasteiger partial charge in [0.25, 0.3) is 5.91 Å². The highest BCUT2D eigenvalue weighted by Crippen LogP contribution is 2.14. The zero-order valence-corrected chi connectivity index (χ0v) is 10.9. The van der Waals surface area contributed by atoms with Crippen molar-refractivity contribution in [2.24, 2.45) is 0 Å². The Labute approximate surface area is 112 Å². The number of rotatable bonds is 3. The molecule has 3 N–H and O–H groups in total. The smallest absolute Gasteiger partial charge is 0.267 e. The van der Waals surface area contributed by atoms with Gasteiger partial charge >= 0.3 is 0 Å². The van der Waals surface area contributed by atoms with E-state index < -0.39 is 0 Å². The zero-order valence-electron chi connectivity index (χ0n) is 10.9. The normalized spacial score (nSPS) is 19.5. The number of H-pyrrole nitrogens is 1. The van der Waals surface area contributed by atoms with Crippen molar-refractivity contribution in [3.8, 4) is 0 Å². The second kappa shape index (κ2) is 5.45. The van der Waals surface area contributed by atoms with Gasteiger partial charge in [0.2, 0.25) is 0 Å². The summed E-state index contributed by atoms with van der Waals surface area (Å²) in [5, 5.41) is 7.50. The van der Waals surface area contributed by atoms with Crippen molar-refractivity contribution < 1.29 is 4.79 Å². The Balaban J connectivity index is 1.63. The predicted octanol–water partition coefficient (Wildman–Crippen LogP) is 2.04. The van der Waals surface area contributed by atoms with Gasteiger partial charge in [-0.1, -0.05) is 24.6 Å². The van der Waals surface area contributed by atoms with Crippen LogP contribution in [0.15, 0.2) is 30.3 Å². The Morgan fingerprint density at radius 3 is 3.00 bits per heavy atom. The largest absolute Gasteiger partial charge is 0.351 e. The van der Waals surface area contributed by atoms with Gasteiger partial charge in [-0.15, -0.1) is 0 Å². The summed E-state index contributed by atoms with van der Waals surface area (Å²) in [7, 11) is 0. The van der Waals surface area contributed by atoms with E-state index in [1.165, 1.54) is 12.8 Å². The molecule has 1 aromatic heterocycles. The number of fused-ring (bicyclic) bond motifs is 1. The van der Waals surface area contributed by atoms with Crippen LogP contribution in [-0.4, -0.2) is 30.0 Å². The molecule has 0 saturated carbocycles. The molecule has 1 aliphatic rings. The standard InChI is InChI=1S/C15H19N3O/c19-15(17-10-12-6-3-4-8-16-12)14-9-11-5-1-2-7-13(11)18-14/h1-2,5,7,9,12,16,18H,3-4,6,8,10H2,(H,17,19). The molecule has 2 heterocycles. The molecular formula is C15H19N3O. The summed E-state index contributed by atoms with van der Waals surface area (Å²) in [5.41, 5.74) is 1.64. The lowest BCUT2D eigenvalue weighted by molar-refractivity contribution is 0.0943. The number of benzene rings is 1. The maximum Gasteiger partial charge on any atom is 0.267 e. The lowest BCUT2D eigenvalue weighted by atomic mass is 10.1. The van der Waals surface area contributed by atoms with Crippen LogP contribution in [-0.2, 0) is 0 Å². The van der Waals surface area contributed by atoms with Crippen molar-refractivity contribution in [3.63, 3.8) is 0 Å². The molecule has 0 radical (unpaired) electrons. The second-order valence-electron chi connectivity index (χ2n) is 5.13. The number of amides is 1. The van der Waals surface area contributed by atoms with Crippen molar-refractivity contribution in [2.45, 2.75) is 25.3 Å². The lowest BCUT2D eigenvalue weighted by Gasteiger charge is -2.23. The van der Waals surface area contributed by atoms with Crippen LogP contribution in [0.3, 0.4) is 0 Å². The number of nitrogens with one attached hydrogen (secondary N) is 3. The van der Waals surface area contributed by atoms with Gasteiger partial charge < -0.3 is 15.6 Å². The van der Waals surface area contributed by atoms with Gasteiger partial charge in [0, 0.05) is 23.5 Å². The molecule has 1 atom stereocenters. The van der Waals surface area contributed by atoms with Crippen LogP contribution in [0.2, 0.25) is 0 Å². The monoisotopic (exact) mass is 257 g/mol. The average Bonchev–Trinajstić information content (AvgIpc) is 2.90. The molecule has 4 heteroatoms. The van der Waals surface area contributed by atoms with Crippen LogP contribution in [0.25, 0.3) is 10.9 Å². The number of piperidine rings is 1. The van der Waals surface area contributed by atoms with Crippen LogP contribution in [0, 0.1) is 0 Å². The fourth-order valence-electron chi connectivity index (χ4n) is 2.61. The molecule has 4 nitrogen and oxygen atoms in total. The summed E-state index contributed by atoms with van der Waals surface area (Å²) in [5.74, 6) is -0.0245. The molecule has 19 heavy (non-hydrogen) atoms. The molecule has 0 spiro atoms. The van der Waals surface area contributed by atoms with E-state index in [0.717, 1.165) is 23.9 Å². The van der Waals surface area contributed by atoms with Crippen LogP contribution in [0.5, 0.6) is 0 Å². The number of aromatic nitrogens is 1. The van der Waals surface area contributed by atoms with Crippen LogP contribution >= 0.6 is 0 Å². The minimum Gasteiger partial charge on any atom is -0.351 e. The summed E-state index contributed by atoms with van der Waals surface area (Å²) in [6, 6.07) is 10.2. The van der Waals surface area contributed by atoms with Crippen molar-refractivity contribution >= 4 is 16.8 Å². The molecule has 0 aliphatic carbocycles. The van der Waals surface area contributed by atoms with Gasteiger partial charge in [0.1, 0.15) is 5.69 Å². The van der Waals surface area contributed by atoms with Gasteiger partial charge in [0.05, 0.1) is 0 Å². The van der Waals surface area contributed by atoms with E-state index in [4.69, 9.17) is 0 Å². The van der Waals surface area contributed by atoms with Gasteiger partial charge in [-0.2, -0.15) is 0 Å². The summed E-state index contributed by atoms with van der Waals surface area (Å²) >= 11 is 0. The van der Waals surface area contributed by atoms with Crippen molar-refractivity contribution in [1.82, 2.24) is 15.6 Å². The Morgan fingerprint density at radius 1 is 1.32 bits per heavy atom. The molecule has 1 unspecified atom stereocenters. The lowest BCUT2D eigenvalue weighted by Crippen LogP contribution is -2.43. The van der Waals surface area contributed by atoms with Crippen molar-refractivity contribution in [3.05, 3.63) is 36.0 Å². The van der Waals surface area contributed by atoms with Gasteiger partial charge in [0.15, 0.2) is 0 Å². The van der Waals surface area contributed by atoms with E-state index in [-0.39, 0.29) is 5.91 Å². The molecule has 1 aliphatic heterocycles. The van der Waals surface area contributed by atoms with E-state index in [9.17, 15) is 4.79 Å². The maximum atomic E-state index is 12.1. The van der Waals surface area contributed by atoms with Crippen LogP contribution in [0.1, 0.15) is 29.8 Å². The van der Waals surface area contributed by atoms with Gasteiger partial charge in [-0.3, -0.25) is 4.79 Å². The first-order valence-electron chi connectivity index (χ1n) is 6.92. The highest BCUT2D eigenvalue weighted by atomic mass is 16.1. The van der Waals surface area contributed by atoms with Crippen molar-refractivity contribution in [2.75, 3.05) is 13.1 Å². The Morgan fingerprint density at radius 2 is 2.21 bits per heavy atom. The Bertz CT molecular complexity index is 537. The molecule has 100 valence electrons. The number of carbonyl (C=O) groups is 1. The third kappa shape index (κ3) is 2.79. The van der Waals surface area contributed by atoms with Crippen LogP contribution in [0.4, 0.5) is 0 Å². The minimum atomic E-state index is -0.0245. The van der Waals surface area contributed by atoms with Gasteiger partial charge in [-0.25, -0.2) is 0 Å². The first-order valence-corrected chi connectivity index (χ1v) is 6.92. The zero-order chi connectivity index (χ0) is 13.1. The highest BCUT2D eigenvalue weighted by molar-refractivity contribution is 5.97. The summed E-state index contributed by atoms with van der Waals surface area (Å²) in [4.78, 5) is 15.2. The van der Waals surface area contributed by atoms with E-state index >= 15 is 0 Å². The quantitative estimate of drug-likeness (QED) is 0.788. The first kappa shape index (κ1) is 12.2. The first-order chi connectivity index (χ1) is 9.33. The van der Waals surface area contributed by atoms with E-state index in [2.05, 4.69) is 15.6 Å². The number of hydrogen-bond acceptors (Lipinski definition) is 2. The van der Waals surface area contributed by atoms with E-state index in [1.54, 1.807) is 0 Å². The highest BCUT2D eigenvalue weighted by Gasteiger charge is 2.15. The molecule has 0 bridgehead atoms. The topological polar surface area (TPSA) is 56.9 Å². The molecule has 1 fully saturated rings. The summed E-state index contributed by atoms with van der Waals surface area (Å²) in [6.07, 6.45) is 3.64. The summed E-state index contributed by atoms with van der Waals surface area (Å²) in [6.45, 7) is 1.77. The predicted molar refractivity (Wildman–Crippen MR) is 76.3 cm³/mol. The molecule has 1 aromatic carbocycles. The maximum absolute atomic E-state index is 12.1. The van der Waals surface area contributed by atoms with Crippen LogP contribution < -0.4 is 10.6 Å². The van der Waals surface area contributed by atoms with E-state index in [1.807, 2.05) is 30.3 Å². The second-order valence-corrected chi connectivity index (χ2v) is 5.13. The number of aromatic amines is 1. The molecule has 1 saturated heterocycles. The number of para-hydroxylation sites is 1. The molecule has 3 rings (SSSR count). The fourth-order valence-corrected chi connectivity index (χ4v) is 2.61. The minimum absolute atomic E-state index is 0.0245. The van der Waals surface area contributed by atoms with Gasteiger partial charge in [-0.05, 0) is 31.5 Å². The number of carbonyl (C=O) groups excluding carboxylic acids is 1. The third-order valence-corrected chi connectivity index (χ3v) is 3.70. The van der Waals surface area contributed by atoms with E-state index in [0.29, 0.717) is 18.3 Å². The molecular weight excluding hydrogens is 238 g/mol. The SMILES string of the molecule is O=C(NCC1CCCCN1)c1cc2ccccc2[nH]1. The Hall–Kier alpha value is -1.81. The average molecular weight is 257 g/mol. The Kier molecular flexibility index (Phi) is 3.51.